The van der Waals surface area contributed by atoms with Gasteiger partial charge in [-0.3, -0.25) is 9.36 Å². The van der Waals surface area contributed by atoms with Gasteiger partial charge in [0.2, 0.25) is 0 Å². The summed E-state index contributed by atoms with van der Waals surface area (Å²) in [5.41, 5.74) is -0.739. The molecule has 1 saturated carbocycles. The lowest BCUT2D eigenvalue weighted by Crippen LogP contribution is -2.31. The number of aromatic amines is 1. The van der Waals surface area contributed by atoms with Gasteiger partial charge in [-0.15, -0.1) is 0 Å². The molecule has 2 N–H and O–H groups in total. The van der Waals surface area contributed by atoms with Crippen molar-refractivity contribution >= 4 is 18.2 Å². The van der Waals surface area contributed by atoms with Crippen LogP contribution in [-0.4, -0.2) is 20.6 Å². The number of aromatic nitrogens is 2. The first-order chi connectivity index (χ1) is 8.11. The fraction of sp³-hybridized carbons (Fsp3) is 0.545. The number of aromatic carboxylic acids is 1. The van der Waals surface area contributed by atoms with Crippen LogP contribution in [0.2, 0.25) is 0 Å². The van der Waals surface area contributed by atoms with Crippen LogP contribution < -0.4 is 5.56 Å². The number of carbonyl (C=O) groups is 1. The van der Waals surface area contributed by atoms with Gasteiger partial charge in [0, 0.05) is 12.2 Å². The van der Waals surface area contributed by atoms with Crippen molar-refractivity contribution in [2.45, 2.75) is 38.1 Å². The lowest BCUT2D eigenvalue weighted by molar-refractivity contribution is 0.0693. The first-order valence-electron chi connectivity index (χ1n) is 5.69. The van der Waals surface area contributed by atoms with Crippen LogP contribution in [0, 0.1) is 4.77 Å². The molecule has 1 heterocycles. The third-order valence-corrected chi connectivity index (χ3v) is 3.49. The van der Waals surface area contributed by atoms with E-state index >= 15 is 0 Å². The molecule has 0 saturated heterocycles. The van der Waals surface area contributed by atoms with Crippen LogP contribution in [0.3, 0.4) is 0 Å². The third kappa shape index (κ3) is 2.31. The number of nitrogens with one attached hydrogen (secondary N) is 1. The van der Waals surface area contributed by atoms with E-state index < -0.39 is 11.5 Å². The van der Waals surface area contributed by atoms with Gasteiger partial charge in [0.1, 0.15) is 5.56 Å². The Balaban J connectivity index is 2.52. The minimum Gasteiger partial charge on any atom is -0.477 e. The number of hydrogen-bond acceptors (Lipinski definition) is 3. The summed E-state index contributed by atoms with van der Waals surface area (Å²) in [5, 5.41) is 8.91. The smallest absolute Gasteiger partial charge is 0.342 e. The van der Waals surface area contributed by atoms with E-state index in [0.717, 1.165) is 25.7 Å². The van der Waals surface area contributed by atoms with E-state index in [0.29, 0.717) is 4.77 Å². The molecule has 5 nitrogen and oxygen atoms in total. The van der Waals surface area contributed by atoms with E-state index in [2.05, 4.69) is 4.98 Å². The van der Waals surface area contributed by atoms with Gasteiger partial charge in [-0.05, 0) is 25.1 Å². The largest absolute Gasteiger partial charge is 0.477 e. The summed E-state index contributed by atoms with van der Waals surface area (Å²) in [6.45, 7) is 0. The van der Waals surface area contributed by atoms with Crippen molar-refractivity contribution in [1.82, 2.24) is 9.55 Å². The Morgan fingerprint density at radius 3 is 2.65 bits per heavy atom. The van der Waals surface area contributed by atoms with Gasteiger partial charge in [-0.25, -0.2) is 4.79 Å². The van der Waals surface area contributed by atoms with Crippen molar-refractivity contribution in [2.24, 2.45) is 0 Å². The Morgan fingerprint density at radius 1 is 1.41 bits per heavy atom. The van der Waals surface area contributed by atoms with Crippen LogP contribution >= 0.6 is 12.2 Å². The monoisotopic (exact) mass is 254 g/mol. The summed E-state index contributed by atoms with van der Waals surface area (Å²) in [4.78, 5) is 25.6. The predicted molar refractivity (Wildman–Crippen MR) is 65.0 cm³/mol. The molecular formula is C11H14N2O3S. The average Bonchev–Trinajstić information content (AvgIpc) is 2.30. The van der Waals surface area contributed by atoms with Crippen molar-refractivity contribution in [3.05, 3.63) is 26.9 Å². The van der Waals surface area contributed by atoms with Gasteiger partial charge in [-0.1, -0.05) is 19.3 Å². The van der Waals surface area contributed by atoms with E-state index in [1.165, 1.54) is 17.2 Å². The van der Waals surface area contributed by atoms with Crippen molar-refractivity contribution in [2.75, 3.05) is 0 Å². The second kappa shape index (κ2) is 4.83. The topological polar surface area (TPSA) is 75.1 Å². The third-order valence-electron chi connectivity index (χ3n) is 3.18. The molecule has 0 atom stereocenters. The van der Waals surface area contributed by atoms with Gasteiger partial charge >= 0.3 is 5.97 Å². The SMILES string of the molecule is O=C(O)c1c[nH]c(=S)n(C2CCCCC2)c1=O. The van der Waals surface area contributed by atoms with Gasteiger partial charge < -0.3 is 10.1 Å². The molecule has 0 aliphatic heterocycles. The Kier molecular flexibility index (Phi) is 3.42. The zero-order valence-corrected chi connectivity index (χ0v) is 10.1. The highest BCUT2D eigenvalue weighted by Gasteiger charge is 2.20. The highest BCUT2D eigenvalue weighted by Crippen LogP contribution is 2.26. The van der Waals surface area contributed by atoms with Crippen LogP contribution in [-0.2, 0) is 0 Å². The molecule has 0 radical (unpaired) electrons. The van der Waals surface area contributed by atoms with Crippen molar-refractivity contribution in [3.63, 3.8) is 0 Å². The number of nitrogens with zero attached hydrogens (tertiary/aromatic N) is 1. The highest BCUT2D eigenvalue weighted by atomic mass is 32.1. The summed E-state index contributed by atoms with van der Waals surface area (Å²) in [6.07, 6.45) is 6.24. The Bertz CT molecular complexity index is 540. The summed E-state index contributed by atoms with van der Waals surface area (Å²) in [5.74, 6) is -1.22. The van der Waals surface area contributed by atoms with Crippen LogP contribution in [0.15, 0.2) is 11.0 Å². The zero-order chi connectivity index (χ0) is 12.4. The first kappa shape index (κ1) is 12.0. The van der Waals surface area contributed by atoms with E-state index in [9.17, 15) is 9.59 Å². The van der Waals surface area contributed by atoms with Gasteiger partial charge in [0.15, 0.2) is 4.77 Å². The van der Waals surface area contributed by atoms with Crippen molar-refractivity contribution in [1.29, 1.82) is 0 Å². The molecule has 1 fully saturated rings. The molecule has 2 rings (SSSR count). The Morgan fingerprint density at radius 2 is 2.06 bits per heavy atom. The molecule has 0 spiro atoms. The number of carboxylic acid groups (broad SMARTS) is 1. The van der Waals surface area contributed by atoms with Crippen LogP contribution in [0.4, 0.5) is 0 Å². The van der Waals surface area contributed by atoms with Crippen molar-refractivity contribution in [3.8, 4) is 0 Å². The molecule has 0 bridgehead atoms. The standard InChI is InChI=1S/C11H14N2O3S/c14-9-8(10(15)16)6-12-11(17)13(9)7-4-2-1-3-5-7/h6-7H,1-5H2,(H,12,17)(H,15,16). The van der Waals surface area contributed by atoms with Crippen LogP contribution in [0.5, 0.6) is 0 Å². The van der Waals surface area contributed by atoms with E-state index in [-0.39, 0.29) is 11.6 Å². The summed E-state index contributed by atoms with van der Waals surface area (Å²) in [7, 11) is 0. The minimum absolute atomic E-state index is 0.0410. The molecule has 92 valence electrons. The van der Waals surface area contributed by atoms with E-state index in [1.807, 2.05) is 0 Å². The minimum atomic E-state index is -1.22. The molecule has 17 heavy (non-hydrogen) atoms. The highest BCUT2D eigenvalue weighted by molar-refractivity contribution is 7.71. The van der Waals surface area contributed by atoms with Crippen LogP contribution in [0.1, 0.15) is 48.5 Å². The second-order valence-electron chi connectivity index (χ2n) is 4.28. The van der Waals surface area contributed by atoms with E-state index in [4.69, 9.17) is 17.3 Å². The average molecular weight is 254 g/mol. The Labute approximate surface area is 103 Å². The molecule has 0 aromatic carbocycles. The first-order valence-corrected chi connectivity index (χ1v) is 6.09. The second-order valence-corrected chi connectivity index (χ2v) is 4.67. The zero-order valence-electron chi connectivity index (χ0n) is 9.31. The van der Waals surface area contributed by atoms with Gasteiger partial charge in [0.25, 0.3) is 5.56 Å². The summed E-state index contributed by atoms with van der Waals surface area (Å²) in [6, 6.07) is 0.0410. The number of carboxylic acids is 1. The maximum atomic E-state index is 12.0. The number of rotatable bonds is 2. The maximum absolute atomic E-state index is 12.0. The number of hydrogen-bond donors (Lipinski definition) is 2. The molecule has 0 amide bonds. The quantitative estimate of drug-likeness (QED) is 0.793. The fourth-order valence-electron chi connectivity index (χ4n) is 2.31. The molecule has 1 aliphatic rings. The molecular weight excluding hydrogens is 240 g/mol. The van der Waals surface area contributed by atoms with Gasteiger partial charge in [0.05, 0.1) is 0 Å². The molecule has 1 aromatic rings. The normalized spacial score (nSPS) is 16.9. The van der Waals surface area contributed by atoms with E-state index in [1.54, 1.807) is 0 Å². The fourth-order valence-corrected chi connectivity index (χ4v) is 2.60. The summed E-state index contributed by atoms with van der Waals surface area (Å²) < 4.78 is 1.74. The molecule has 1 aromatic heterocycles. The van der Waals surface area contributed by atoms with Crippen molar-refractivity contribution < 1.29 is 9.90 Å². The lowest BCUT2D eigenvalue weighted by Gasteiger charge is -2.23. The lowest BCUT2D eigenvalue weighted by atomic mass is 9.95. The molecule has 6 heteroatoms. The predicted octanol–water partition coefficient (Wildman–Crippen LogP) is 2.11. The maximum Gasteiger partial charge on any atom is 0.342 e. The molecule has 1 aliphatic carbocycles. The Hall–Kier alpha value is -1.43. The summed E-state index contributed by atoms with van der Waals surface area (Å²) >= 11 is 5.08. The molecule has 0 unspecified atom stereocenters. The number of H-pyrrole nitrogens is 1. The van der Waals surface area contributed by atoms with Crippen LogP contribution in [0.25, 0.3) is 0 Å². The van der Waals surface area contributed by atoms with Gasteiger partial charge in [-0.2, -0.15) is 0 Å².